The Labute approximate surface area is 138 Å². The lowest BCUT2D eigenvalue weighted by atomic mass is 10.0. The maximum Gasteiger partial charge on any atom is 0.322 e. The van der Waals surface area contributed by atoms with Crippen LogP contribution in [0.15, 0.2) is 35.7 Å². The number of nitrogens with one attached hydrogen (secondary N) is 1. The van der Waals surface area contributed by atoms with Crippen molar-refractivity contribution in [2.45, 2.75) is 18.9 Å². The molecular formula is C16H17ClN2O2S. The summed E-state index contributed by atoms with van der Waals surface area (Å²) in [6.45, 7) is 0.746. The SMILES string of the molecule is COc1cccc(C2CCCN2C(=O)Nc2ccsc2Cl)c1. The summed E-state index contributed by atoms with van der Waals surface area (Å²) in [7, 11) is 1.65. The van der Waals surface area contributed by atoms with E-state index in [0.717, 1.165) is 30.7 Å². The van der Waals surface area contributed by atoms with E-state index in [1.165, 1.54) is 11.3 Å². The summed E-state index contributed by atoms with van der Waals surface area (Å²) in [6.07, 6.45) is 1.95. The molecule has 2 heterocycles. The number of hydrogen-bond acceptors (Lipinski definition) is 3. The highest BCUT2D eigenvalue weighted by atomic mass is 35.5. The van der Waals surface area contributed by atoms with Crippen molar-refractivity contribution >= 4 is 34.7 Å². The van der Waals surface area contributed by atoms with E-state index in [4.69, 9.17) is 16.3 Å². The fourth-order valence-electron chi connectivity index (χ4n) is 2.77. The number of benzene rings is 1. The van der Waals surface area contributed by atoms with E-state index in [0.29, 0.717) is 10.0 Å². The first-order chi connectivity index (χ1) is 10.7. The maximum absolute atomic E-state index is 12.5. The van der Waals surface area contributed by atoms with Gasteiger partial charge in [0.15, 0.2) is 0 Å². The lowest BCUT2D eigenvalue weighted by Crippen LogP contribution is -2.34. The molecule has 3 rings (SSSR count). The fourth-order valence-corrected chi connectivity index (χ4v) is 3.61. The molecule has 0 bridgehead atoms. The van der Waals surface area contributed by atoms with E-state index in [-0.39, 0.29) is 12.1 Å². The molecule has 1 fully saturated rings. The van der Waals surface area contributed by atoms with Crippen LogP contribution >= 0.6 is 22.9 Å². The molecule has 22 heavy (non-hydrogen) atoms. The maximum atomic E-state index is 12.5. The van der Waals surface area contributed by atoms with Crippen LogP contribution in [0.3, 0.4) is 0 Å². The van der Waals surface area contributed by atoms with Crippen LogP contribution in [0.4, 0.5) is 10.5 Å². The summed E-state index contributed by atoms with van der Waals surface area (Å²) in [4.78, 5) is 14.4. The second-order valence-electron chi connectivity index (χ2n) is 5.17. The molecule has 1 unspecified atom stereocenters. The molecule has 4 nitrogen and oxygen atoms in total. The molecule has 1 saturated heterocycles. The van der Waals surface area contributed by atoms with Gasteiger partial charge in [-0.1, -0.05) is 23.7 Å². The zero-order chi connectivity index (χ0) is 15.5. The van der Waals surface area contributed by atoms with Crippen molar-refractivity contribution in [3.63, 3.8) is 0 Å². The van der Waals surface area contributed by atoms with Gasteiger partial charge in [0, 0.05) is 6.54 Å². The van der Waals surface area contributed by atoms with Gasteiger partial charge in [-0.05, 0) is 42.0 Å². The van der Waals surface area contributed by atoms with Crippen molar-refractivity contribution in [2.24, 2.45) is 0 Å². The van der Waals surface area contributed by atoms with Gasteiger partial charge < -0.3 is 15.0 Å². The zero-order valence-corrected chi connectivity index (χ0v) is 13.8. The van der Waals surface area contributed by atoms with Crippen LogP contribution in [-0.4, -0.2) is 24.6 Å². The highest BCUT2D eigenvalue weighted by molar-refractivity contribution is 7.15. The lowest BCUT2D eigenvalue weighted by Gasteiger charge is -2.25. The molecule has 1 N–H and O–H groups in total. The number of likely N-dealkylation sites (tertiary alicyclic amines) is 1. The molecule has 1 atom stereocenters. The van der Waals surface area contributed by atoms with E-state index in [9.17, 15) is 4.79 Å². The normalized spacial score (nSPS) is 17.5. The highest BCUT2D eigenvalue weighted by Crippen LogP contribution is 2.35. The summed E-state index contributed by atoms with van der Waals surface area (Å²) in [5.74, 6) is 0.811. The van der Waals surface area contributed by atoms with E-state index >= 15 is 0 Å². The number of anilines is 1. The predicted molar refractivity (Wildman–Crippen MR) is 90.0 cm³/mol. The minimum Gasteiger partial charge on any atom is -0.497 e. The van der Waals surface area contributed by atoms with Crippen molar-refractivity contribution in [1.82, 2.24) is 4.90 Å². The molecule has 0 aliphatic carbocycles. The van der Waals surface area contributed by atoms with Gasteiger partial charge in [-0.15, -0.1) is 11.3 Å². The third kappa shape index (κ3) is 3.05. The van der Waals surface area contributed by atoms with Gasteiger partial charge in [-0.2, -0.15) is 0 Å². The number of nitrogens with zero attached hydrogens (tertiary/aromatic N) is 1. The summed E-state index contributed by atoms with van der Waals surface area (Å²) in [5.41, 5.74) is 1.77. The molecule has 0 spiro atoms. The average Bonchev–Trinajstić information content (AvgIpc) is 3.17. The molecule has 1 aliphatic rings. The molecule has 1 aromatic heterocycles. The molecule has 116 valence electrons. The van der Waals surface area contributed by atoms with Gasteiger partial charge in [-0.25, -0.2) is 4.79 Å². The smallest absolute Gasteiger partial charge is 0.322 e. The lowest BCUT2D eigenvalue weighted by molar-refractivity contribution is 0.207. The number of thiophene rings is 1. The van der Waals surface area contributed by atoms with Crippen LogP contribution in [0.2, 0.25) is 4.34 Å². The van der Waals surface area contributed by atoms with E-state index in [2.05, 4.69) is 5.32 Å². The first-order valence-electron chi connectivity index (χ1n) is 7.13. The number of methoxy groups -OCH3 is 1. The molecule has 2 amide bonds. The van der Waals surface area contributed by atoms with Crippen LogP contribution in [0, 0.1) is 0 Å². The van der Waals surface area contributed by atoms with E-state index < -0.39 is 0 Å². The number of urea groups is 1. The molecule has 1 aromatic carbocycles. The van der Waals surface area contributed by atoms with Crippen molar-refractivity contribution in [3.05, 3.63) is 45.6 Å². The van der Waals surface area contributed by atoms with Crippen molar-refractivity contribution in [2.75, 3.05) is 19.0 Å². The summed E-state index contributed by atoms with van der Waals surface area (Å²) >= 11 is 7.46. The second-order valence-corrected chi connectivity index (χ2v) is 6.68. The number of rotatable bonds is 3. The molecule has 2 aromatic rings. The van der Waals surface area contributed by atoms with Crippen LogP contribution in [0.1, 0.15) is 24.4 Å². The third-order valence-electron chi connectivity index (χ3n) is 3.85. The van der Waals surface area contributed by atoms with Crippen LogP contribution < -0.4 is 10.1 Å². The number of amides is 2. The van der Waals surface area contributed by atoms with Crippen molar-refractivity contribution in [3.8, 4) is 5.75 Å². The summed E-state index contributed by atoms with van der Waals surface area (Å²) in [6, 6.07) is 9.69. The Bertz CT molecular complexity index is 674. The van der Waals surface area contributed by atoms with Crippen molar-refractivity contribution < 1.29 is 9.53 Å². The number of hydrogen-bond donors (Lipinski definition) is 1. The Hall–Kier alpha value is -1.72. The number of carbonyl (C=O) groups is 1. The highest BCUT2D eigenvalue weighted by Gasteiger charge is 2.30. The first-order valence-corrected chi connectivity index (χ1v) is 8.39. The second kappa shape index (κ2) is 6.58. The minimum absolute atomic E-state index is 0.0764. The molecule has 0 radical (unpaired) electrons. The Morgan fingerprint density at radius 2 is 2.32 bits per heavy atom. The largest absolute Gasteiger partial charge is 0.497 e. The van der Waals surface area contributed by atoms with E-state index in [1.54, 1.807) is 7.11 Å². The number of ether oxygens (including phenoxy) is 1. The standard InChI is InChI=1S/C16H17ClN2O2S/c1-21-12-5-2-4-11(10-12)14-6-3-8-19(14)16(20)18-13-7-9-22-15(13)17/h2,4-5,7,9-10,14H,3,6,8H2,1H3,(H,18,20). The van der Waals surface area contributed by atoms with Gasteiger partial charge in [0.25, 0.3) is 0 Å². The predicted octanol–water partition coefficient (Wildman–Crippen LogP) is 4.78. The van der Waals surface area contributed by atoms with Crippen molar-refractivity contribution in [1.29, 1.82) is 0 Å². The minimum atomic E-state index is -0.106. The Morgan fingerprint density at radius 3 is 3.05 bits per heavy atom. The van der Waals surface area contributed by atoms with E-state index in [1.807, 2.05) is 40.6 Å². The number of carbonyl (C=O) groups excluding carboxylic acids is 1. The Morgan fingerprint density at radius 1 is 1.45 bits per heavy atom. The Balaban J connectivity index is 1.77. The van der Waals surface area contributed by atoms with Crippen LogP contribution in [0.25, 0.3) is 0 Å². The van der Waals surface area contributed by atoms with Gasteiger partial charge in [0.2, 0.25) is 0 Å². The average molecular weight is 337 g/mol. The third-order valence-corrected chi connectivity index (χ3v) is 5.02. The van der Waals surface area contributed by atoms with Crippen LogP contribution in [-0.2, 0) is 0 Å². The van der Waals surface area contributed by atoms with Gasteiger partial charge in [0.05, 0.1) is 18.8 Å². The molecule has 0 saturated carbocycles. The fraction of sp³-hybridized carbons (Fsp3) is 0.312. The molecular weight excluding hydrogens is 320 g/mol. The zero-order valence-electron chi connectivity index (χ0n) is 12.2. The summed E-state index contributed by atoms with van der Waals surface area (Å²) in [5, 5.41) is 4.76. The monoisotopic (exact) mass is 336 g/mol. The molecule has 1 aliphatic heterocycles. The first kappa shape index (κ1) is 15.2. The van der Waals surface area contributed by atoms with Gasteiger partial charge in [0.1, 0.15) is 10.1 Å². The van der Waals surface area contributed by atoms with Gasteiger partial charge >= 0.3 is 6.03 Å². The summed E-state index contributed by atoms with van der Waals surface area (Å²) < 4.78 is 5.88. The topological polar surface area (TPSA) is 41.6 Å². The van der Waals surface area contributed by atoms with Gasteiger partial charge in [-0.3, -0.25) is 0 Å². The molecule has 6 heteroatoms. The number of halogens is 1. The van der Waals surface area contributed by atoms with Crippen LogP contribution in [0.5, 0.6) is 5.75 Å². The Kier molecular flexibility index (Phi) is 4.55. The quantitative estimate of drug-likeness (QED) is 0.876.